The second-order valence-corrected chi connectivity index (χ2v) is 7.37. The van der Waals surface area contributed by atoms with Gasteiger partial charge in [-0.05, 0) is 31.5 Å². The van der Waals surface area contributed by atoms with Crippen LogP contribution >= 0.6 is 0 Å². The Balaban J connectivity index is 1.59. The van der Waals surface area contributed by atoms with E-state index in [2.05, 4.69) is 0 Å². The Labute approximate surface area is 164 Å². The van der Waals surface area contributed by atoms with Crippen LogP contribution in [0.2, 0.25) is 0 Å². The molecule has 0 bridgehead atoms. The lowest BCUT2D eigenvalue weighted by molar-refractivity contribution is -0.384. The number of β-lactam (4-membered cyclic amide) rings is 1. The topological polar surface area (TPSA) is 153 Å². The lowest BCUT2D eigenvalue weighted by Crippen LogP contribution is -2.68. The molecule has 1 aromatic carbocycles. The number of hydrogen-bond acceptors (Lipinski definition) is 8. The largest absolute Gasteiger partial charge is 0.509 e. The molecule has 2 saturated heterocycles. The fraction of sp³-hybridized carbons (Fsp3) is 0.444. The predicted octanol–water partition coefficient (Wildman–Crippen LogP) is 1.28. The van der Waals surface area contributed by atoms with Crippen molar-refractivity contribution in [1.29, 1.82) is 0 Å². The average Bonchev–Trinajstić information content (AvgIpc) is 2.92. The molecule has 2 heterocycles. The number of hydrogen-bond donors (Lipinski definition) is 1. The second kappa shape index (κ2) is 7.15. The standard InChI is InChI=1S/C18H18N2O9/c1-18(2,13-11-7-12(21)14(16(23)24)19(11)15(13)22)29-17(25)28-8-9-3-5-10(6-4-9)20(26)27/h3-6,11,13-14H,7-8H2,1-2H3,(H,23,24)/t11?,13-,14-/m1/s1. The van der Waals surface area contributed by atoms with E-state index < -0.39 is 52.3 Å². The van der Waals surface area contributed by atoms with Gasteiger partial charge in [0.15, 0.2) is 11.8 Å². The van der Waals surface area contributed by atoms with Gasteiger partial charge in [-0.25, -0.2) is 9.59 Å². The lowest BCUT2D eigenvalue weighted by Gasteiger charge is -2.49. The van der Waals surface area contributed by atoms with Gasteiger partial charge in [-0.3, -0.25) is 19.7 Å². The first-order chi connectivity index (χ1) is 13.5. The van der Waals surface area contributed by atoms with Crippen molar-refractivity contribution in [2.24, 2.45) is 5.92 Å². The summed E-state index contributed by atoms with van der Waals surface area (Å²) in [7, 11) is 0. The van der Waals surface area contributed by atoms with Gasteiger partial charge in [0.1, 0.15) is 12.2 Å². The highest BCUT2D eigenvalue weighted by Gasteiger charge is 2.64. The van der Waals surface area contributed by atoms with Crippen LogP contribution in [0.1, 0.15) is 25.8 Å². The summed E-state index contributed by atoms with van der Waals surface area (Å²) in [5.41, 5.74) is -0.920. The van der Waals surface area contributed by atoms with Gasteiger partial charge in [-0.2, -0.15) is 0 Å². The molecule has 0 radical (unpaired) electrons. The van der Waals surface area contributed by atoms with Gasteiger partial charge >= 0.3 is 12.1 Å². The molecule has 1 aromatic rings. The van der Waals surface area contributed by atoms with E-state index in [9.17, 15) is 29.3 Å². The molecule has 3 rings (SSSR count). The molecule has 11 heteroatoms. The molecule has 29 heavy (non-hydrogen) atoms. The number of carbonyl (C=O) groups excluding carboxylic acids is 3. The smallest absolute Gasteiger partial charge is 0.479 e. The molecule has 1 N–H and O–H groups in total. The SMILES string of the molecule is CC(C)(OC(=O)OCc1ccc([N+](=O)[O-])cc1)[C@H]1C(=O)N2C1CC(=O)[C@@H]2C(=O)O. The summed E-state index contributed by atoms with van der Waals surface area (Å²) in [5, 5.41) is 19.8. The zero-order chi connectivity index (χ0) is 21.5. The highest BCUT2D eigenvalue weighted by Crippen LogP contribution is 2.44. The summed E-state index contributed by atoms with van der Waals surface area (Å²) in [6.45, 7) is 2.78. The number of carboxylic acids is 1. The van der Waals surface area contributed by atoms with Crippen molar-refractivity contribution in [2.45, 2.75) is 44.6 Å². The minimum atomic E-state index is -1.49. The Kier molecular flexibility index (Phi) is 4.99. The molecule has 154 valence electrons. The quantitative estimate of drug-likeness (QED) is 0.242. The minimum absolute atomic E-state index is 0.101. The van der Waals surface area contributed by atoms with Crippen molar-refractivity contribution in [3.8, 4) is 0 Å². The molecule has 1 unspecified atom stereocenters. The predicted molar refractivity (Wildman–Crippen MR) is 93.6 cm³/mol. The number of benzene rings is 1. The van der Waals surface area contributed by atoms with E-state index in [1.165, 1.54) is 38.1 Å². The summed E-state index contributed by atoms with van der Waals surface area (Å²) >= 11 is 0. The number of aliphatic carboxylic acids is 1. The monoisotopic (exact) mass is 406 g/mol. The third-order valence-corrected chi connectivity index (χ3v) is 5.09. The van der Waals surface area contributed by atoms with Gasteiger partial charge in [0, 0.05) is 18.6 Å². The molecule has 0 aromatic heterocycles. The van der Waals surface area contributed by atoms with Crippen molar-refractivity contribution in [1.82, 2.24) is 4.90 Å². The number of nitro groups is 1. The number of carboxylic acid groups (broad SMARTS) is 1. The number of ketones is 1. The summed E-state index contributed by atoms with van der Waals surface area (Å²) in [4.78, 5) is 58.7. The van der Waals surface area contributed by atoms with Crippen LogP contribution in [0.5, 0.6) is 0 Å². The molecule has 3 atom stereocenters. The van der Waals surface area contributed by atoms with Gasteiger partial charge in [0.05, 0.1) is 16.9 Å². The van der Waals surface area contributed by atoms with E-state index in [4.69, 9.17) is 14.6 Å². The summed E-state index contributed by atoms with van der Waals surface area (Å²) < 4.78 is 10.3. The molecule has 2 fully saturated rings. The van der Waals surface area contributed by atoms with Gasteiger partial charge in [-0.15, -0.1) is 0 Å². The number of amides is 1. The molecule has 0 saturated carbocycles. The number of Topliss-reactive ketones (excluding diaryl/α,β-unsaturated/α-hetero) is 1. The van der Waals surface area contributed by atoms with Gasteiger partial charge in [-0.1, -0.05) is 0 Å². The molecule has 0 spiro atoms. The van der Waals surface area contributed by atoms with Gasteiger partial charge < -0.3 is 19.5 Å². The average molecular weight is 406 g/mol. The first kappa shape index (κ1) is 20.2. The van der Waals surface area contributed by atoms with Crippen molar-refractivity contribution < 1.29 is 38.7 Å². The first-order valence-corrected chi connectivity index (χ1v) is 8.69. The Bertz CT molecular complexity index is 893. The van der Waals surface area contributed by atoms with Crippen LogP contribution in [-0.4, -0.2) is 56.4 Å². The third-order valence-electron chi connectivity index (χ3n) is 5.09. The zero-order valence-electron chi connectivity index (χ0n) is 15.6. The van der Waals surface area contributed by atoms with Crippen LogP contribution in [0, 0.1) is 16.0 Å². The van der Waals surface area contributed by atoms with E-state index in [1.54, 1.807) is 0 Å². The number of ether oxygens (including phenoxy) is 2. The summed E-state index contributed by atoms with van der Waals surface area (Å²) in [5.74, 6) is -3.37. The van der Waals surface area contributed by atoms with E-state index in [-0.39, 0.29) is 18.7 Å². The normalized spacial score (nSPS) is 23.2. The van der Waals surface area contributed by atoms with Crippen LogP contribution in [-0.2, 0) is 30.5 Å². The van der Waals surface area contributed by atoms with Crippen LogP contribution in [0.4, 0.5) is 10.5 Å². The maximum atomic E-state index is 12.4. The zero-order valence-corrected chi connectivity index (χ0v) is 15.6. The van der Waals surface area contributed by atoms with Crippen molar-refractivity contribution in [3.05, 3.63) is 39.9 Å². The van der Waals surface area contributed by atoms with Crippen molar-refractivity contribution in [2.75, 3.05) is 0 Å². The molecule has 2 aliphatic rings. The van der Waals surface area contributed by atoms with Crippen LogP contribution in [0.15, 0.2) is 24.3 Å². The Hall–Kier alpha value is -3.50. The Morgan fingerprint density at radius 2 is 1.90 bits per heavy atom. The molecular formula is C18H18N2O9. The number of nitrogens with zero attached hydrogens (tertiary/aromatic N) is 2. The highest BCUT2D eigenvalue weighted by molar-refractivity contribution is 6.10. The molecule has 0 aliphatic carbocycles. The maximum absolute atomic E-state index is 12.4. The van der Waals surface area contributed by atoms with Gasteiger partial charge in [0.25, 0.3) is 5.69 Å². The lowest BCUT2D eigenvalue weighted by atomic mass is 9.76. The van der Waals surface area contributed by atoms with Crippen LogP contribution in [0.25, 0.3) is 0 Å². The first-order valence-electron chi connectivity index (χ1n) is 8.69. The maximum Gasteiger partial charge on any atom is 0.509 e. The summed E-state index contributed by atoms with van der Waals surface area (Å²) in [6.07, 6.45) is -1.17. The van der Waals surface area contributed by atoms with Crippen molar-refractivity contribution in [3.63, 3.8) is 0 Å². The number of non-ortho nitro benzene ring substituents is 1. The fourth-order valence-corrected chi connectivity index (χ4v) is 3.76. The van der Waals surface area contributed by atoms with E-state index in [0.717, 1.165) is 4.90 Å². The summed E-state index contributed by atoms with van der Waals surface area (Å²) in [6, 6.07) is 3.26. The van der Waals surface area contributed by atoms with E-state index >= 15 is 0 Å². The Morgan fingerprint density at radius 3 is 2.45 bits per heavy atom. The van der Waals surface area contributed by atoms with Crippen molar-refractivity contribution >= 4 is 29.5 Å². The van der Waals surface area contributed by atoms with Gasteiger partial charge in [0.2, 0.25) is 5.91 Å². The number of rotatable bonds is 6. The third kappa shape index (κ3) is 3.62. The Morgan fingerprint density at radius 1 is 1.28 bits per heavy atom. The molecular weight excluding hydrogens is 388 g/mol. The minimum Gasteiger partial charge on any atom is -0.479 e. The molecule has 2 aliphatic heterocycles. The highest BCUT2D eigenvalue weighted by atomic mass is 16.7. The molecule has 1 amide bonds. The van der Waals surface area contributed by atoms with Crippen LogP contribution in [0.3, 0.4) is 0 Å². The molecule has 11 nitrogen and oxygen atoms in total. The second-order valence-electron chi connectivity index (χ2n) is 7.37. The van der Waals surface area contributed by atoms with E-state index in [0.29, 0.717) is 5.56 Å². The number of carbonyl (C=O) groups is 4. The van der Waals surface area contributed by atoms with E-state index in [1.807, 2.05) is 0 Å². The number of fused-ring (bicyclic) bond motifs is 1. The van der Waals surface area contributed by atoms with Crippen LogP contribution < -0.4 is 0 Å². The fourth-order valence-electron chi connectivity index (χ4n) is 3.76. The number of nitro benzene ring substituents is 1.